The third-order valence-corrected chi connectivity index (χ3v) is 4.27. The molecule has 3 nitrogen and oxygen atoms in total. The monoisotopic (exact) mass is 308 g/mol. The second kappa shape index (κ2) is 5.03. The molecule has 1 aromatic carbocycles. The summed E-state index contributed by atoms with van der Waals surface area (Å²) < 4.78 is 1.05. The number of hydrogen-bond donors (Lipinski definition) is 3. The highest BCUT2D eigenvalue weighted by Gasteiger charge is 2.24. The van der Waals surface area contributed by atoms with E-state index in [9.17, 15) is 5.11 Å². The Kier molecular flexibility index (Phi) is 3.41. The van der Waals surface area contributed by atoms with Crippen LogP contribution in [0.2, 0.25) is 0 Å². The van der Waals surface area contributed by atoms with Crippen molar-refractivity contribution in [1.82, 2.24) is 10.3 Å². The second-order valence-corrected chi connectivity index (χ2v) is 5.90. The van der Waals surface area contributed by atoms with E-state index in [4.69, 9.17) is 0 Å². The maximum absolute atomic E-state index is 10.5. The summed E-state index contributed by atoms with van der Waals surface area (Å²) in [4.78, 5) is 3.23. The first kappa shape index (κ1) is 12.2. The molecule has 0 spiro atoms. The SMILES string of the molecule is OC(c1c[nH]c2ccc(Br)cc12)C1CCCNC1. The Morgan fingerprint density at radius 1 is 1.39 bits per heavy atom. The fourth-order valence-corrected chi connectivity index (χ4v) is 3.12. The minimum Gasteiger partial charge on any atom is -0.388 e. The van der Waals surface area contributed by atoms with Crippen LogP contribution in [0.3, 0.4) is 0 Å². The van der Waals surface area contributed by atoms with Gasteiger partial charge >= 0.3 is 0 Å². The minimum absolute atomic E-state index is 0.316. The van der Waals surface area contributed by atoms with Crippen LogP contribution >= 0.6 is 15.9 Å². The van der Waals surface area contributed by atoms with Gasteiger partial charge in [0.25, 0.3) is 0 Å². The number of rotatable bonds is 2. The summed E-state index contributed by atoms with van der Waals surface area (Å²) in [6.45, 7) is 1.98. The molecular formula is C14H17BrN2O. The van der Waals surface area contributed by atoms with Gasteiger partial charge in [-0.2, -0.15) is 0 Å². The Labute approximate surface area is 115 Å². The number of fused-ring (bicyclic) bond motifs is 1. The second-order valence-electron chi connectivity index (χ2n) is 4.99. The fourth-order valence-electron chi connectivity index (χ4n) is 2.76. The van der Waals surface area contributed by atoms with Gasteiger partial charge < -0.3 is 15.4 Å². The van der Waals surface area contributed by atoms with Gasteiger partial charge in [0.2, 0.25) is 0 Å². The van der Waals surface area contributed by atoms with Crippen molar-refractivity contribution in [3.05, 3.63) is 34.4 Å². The molecule has 2 atom stereocenters. The third-order valence-electron chi connectivity index (χ3n) is 3.78. The first-order valence-electron chi connectivity index (χ1n) is 6.41. The number of aromatic nitrogens is 1. The summed E-state index contributed by atoms with van der Waals surface area (Å²) in [5.74, 6) is 0.316. The summed E-state index contributed by atoms with van der Waals surface area (Å²) >= 11 is 3.49. The molecule has 0 saturated carbocycles. The van der Waals surface area contributed by atoms with Crippen molar-refractivity contribution >= 4 is 26.8 Å². The summed E-state index contributed by atoms with van der Waals surface area (Å²) in [5.41, 5.74) is 2.09. The van der Waals surface area contributed by atoms with Gasteiger partial charge in [-0.05, 0) is 37.6 Å². The predicted octanol–water partition coefficient (Wildman–Crippen LogP) is 2.96. The summed E-state index contributed by atoms with van der Waals surface area (Å²) in [6.07, 6.45) is 3.79. The molecule has 0 bridgehead atoms. The van der Waals surface area contributed by atoms with E-state index in [1.165, 1.54) is 0 Å². The smallest absolute Gasteiger partial charge is 0.0850 e. The van der Waals surface area contributed by atoms with E-state index in [-0.39, 0.29) is 6.10 Å². The van der Waals surface area contributed by atoms with Gasteiger partial charge in [-0.15, -0.1) is 0 Å². The van der Waals surface area contributed by atoms with E-state index < -0.39 is 0 Å². The number of aliphatic hydroxyl groups excluding tert-OH is 1. The Morgan fingerprint density at radius 3 is 3.06 bits per heavy atom. The maximum Gasteiger partial charge on any atom is 0.0850 e. The van der Waals surface area contributed by atoms with Crippen molar-refractivity contribution < 1.29 is 5.11 Å². The number of piperidine rings is 1. The lowest BCUT2D eigenvalue weighted by molar-refractivity contribution is 0.0934. The highest BCUT2D eigenvalue weighted by atomic mass is 79.9. The molecule has 1 aliphatic rings. The molecule has 18 heavy (non-hydrogen) atoms. The molecule has 1 saturated heterocycles. The average molecular weight is 309 g/mol. The Morgan fingerprint density at radius 2 is 2.28 bits per heavy atom. The van der Waals surface area contributed by atoms with Crippen LogP contribution in [0.15, 0.2) is 28.9 Å². The molecule has 0 aliphatic carbocycles. The molecule has 4 heteroatoms. The number of halogens is 1. The van der Waals surface area contributed by atoms with E-state index in [0.29, 0.717) is 5.92 Å². The lowest BCUT2D eigenvalue weighted by atomic mass is 9.89. The predicted molar refractivity (Wildman–Crippen MR) is 76.6 cm³/mol. The van der Waals surface area contributed by atoms with Gasteiger partial charge in [0.1, 0.15) is 0 Å². The van der Waals surface area contributed by atoms with E-state index in [1.54, 1.807) is 0 Å². The summed E-state index contributed by atoms with van der Waals surface area (Å²) in [6, 6.07) is 6.12. The van der Waals surface area contributed by atoms with Crippen LogP contribution in [0.25, 0.3) is 10.9 Å². The molecule has 3 rings (SSSR count). The largest absolute Gasteiger partial charge is 0.388 e. The van der Waals surface area contributed by atoms with Gasteiger partial charge in [0.05, 0.1) is 6.10 Å². The van der Waals surface area contributed by atoms with E-state index >= 15 is 0 Å². The maximum atomic E-state index is 10.5. The van der Waals surface area contributed by atoms with E-state index in [2.05, 4.69) is 32.3 Å². The van der Waals surface area contributed by atoms with Gasteiger partial charge in [-0.25, -0.2) is 0 Å². The number of aromatic amines is 1. The number of nitrogens with one attached hydrogen (secondary N) is 2. The number of benzene rings is 1. The van der Waals surface area contributed by atoms with Crippen LogP contribution in [0, 0.1) is 5.92 Å². The van der Waals surface area contributed by atoms with Gasteiger partial charge in [0, 0.05) is 39.6 Å². The Hall–Kier alpha value is -0.840. The lowest BCUT2D eigenvalue weighted by Crippen LogP contribution is -2.33. The van der Waals surface area contributed by atoms with Crippen LogP contribution in [-0.2, 0) is 0 Å². The molecule has 2 heterocycles. The first-order valence-corrected chi connectivity index (χ1v) is 7.20. The van der Waals surface area contributed by atoms with E-state index in [0.717, 1.165) is 46.9 Å². The van der Waals surface area contributed by atoms with Crippen LogP contribution in [0.1, 0.15) is 24.5 Å². The molecule has 2 unspecified atom stereocenters. The third kappa shape index (κ3) is 2.20. The zero-order valence-electron chi connectivity index (χ0n) is 10.1. The van der Waals surface area contributed by atoms with Crippen LogP contribution in [-0.4, -0.2) is 23.2 Å². The molecule has 2 aromatic rings. The van der Waals surface area contributed by atoms with Gasteiger partial charge in [-0.1, -0.05) is 15.9 Å². The van der Waals surface area contributed by atoms with Crippen molar-refractivity contribution in [3.8, 4) is 0 Å². The lowest BCUT2D eigenvalue weighted by Gasteiger charge is -2.27. The van der Waals surface area contributed by atoms with Crippen molar-refractivity contribution in [2.24, 2.45) is 5.92 Å². The normalized spacial score (nSPS) is 22.2. The van der Waals surface area contributed by atoms with Crippen molar-refractivity contribution in [1.29, 1.82) is 0 Å². The topological polar surface area (TPSA) is 48.0 Å². The van der Waals surface area contributed by atoms with Gasteiger partial charge in [0.15, 0.2) is 0 Å². The molecule has 1 fully saturated rings. The van der Waals surface area contributed by atoms with Crippen LogP contribution in [0.4, 0.5) is 0 Å². The van der Waals surface area contributed by atoms with Crippen LogP contribution < -0.4 is 5.32 Å². The van der Waals surface area contributed by atoms with Crippen molar-refractivity contribution in [3.63, 3.8) is 0 Å². The quantitative estimate of drug-likeness (QED) is 0.799. The molecular weight excluding hydrogens is 292 g/mol. The Bertz CT molecular complexity index is 546. The Balaban J connectivity index is 1.95. The zero-order valence-corrected chi connectivity index (χ0v) is 11.7. The standard InChI is InChI=1S/C14H17BrN2O/c15-10-3-4-13-11(6-10)12(8-17-13)14(18)9-2-1-5-16-7-9/h3-4,6,8-9,14,16-18H,1-2,5,7H2. The number of aliphatic hydroxyl groups is 1. The van der Waals surface area contributed by atoms with Crippen molar-refractivity contribution in [2.75, 3.05) is 13.1 Å². The molecule has 0 amide bonds. The first-order chi connectivity index (χ1) is 8.75. The average Bonchev–Trinajstić information content (AvgIpc) is 2.82. The number of hydrogen-bond acceptors (Lipinski definition) is 2. The summed E-state index contributed by atoms with van der Waals surface area (Å²) in [7, 11) is 0. The van der Waals surface area contributed by atoms with E-state index in [1.807, 2.05) is 18.3 Å². The fraction of sp³-hybridized carbons (Fsp3) is 0.429. The van der Waals surface area contributed by atoms with Gasteiger partial charge in [-0.3, -0.25) is 0 Å². The highest BCUT2D eigenvalue weighted by Crippen LogP contribution is 2.33. The highest BCUT2D eigenvalue weighted by molar-refractivity contribution is 9.10. The molecule has 0 radical (unpaired) electrons. The molecule has 96 valence electrons. The minimum atomic E-state index is -0.388. The molecule has 1 aromatic heterocycles. The number of H-pyrrole nitrogens is 1. The molecule has 1 aliphatic heterocycles. The summed E-state index contributed by atoms with van der Waals surface area (Å²) in [5, 5.41) is 15.0. The molecule has 3 N–H and O–H groups in total. The van der Waals surface area contributed by atoms with Crippen LogP contribution in [0.5, 0.6) is 0 Å². The zero-order chi connectivity index (χ0) is 12.5. The van der Waals surface area contributed by atoms with Crippen molar-refractivity contribution in [2.45, 2.75) is 18.9 Å².